The Morgan fingerprint density at radius 1 is 1.26 bits per heavy atom. The molecule has 0 saturated heterocycles. The number of carbonyl (C=O) groups is 1. The van der Waals surface area contributed by atoms with Crippen LogP contribution in [0.1, 0.15) is 12.5 Å². The lowest BCUT2D eigenvalue weighted by atomic mass is 10.1. The summed E-state index contributed by atoms with van der Waals surface area (Å²) in [4.78, 5) is 16.7. The fourth-order valence-corrected chi connectivity index (χ4v) is 3.10. The number of thiazole rings is 1. The summed E-state index contributed by atoms with van der Waals surface area (Å²) in [5.41, 5.74) is 2.91. The molecule has 2 heterocycles. The number of anilines is 1. The molecule has 0 unspecified atom stereocenters. The molecule has 1 N–H and O–H groups in total. The molecule has 0 aliphatic carbocycles. The molecule has 3 aromatic rings. The van der Waals surface area contributed by atoms with Gasteiger partial charge in [0, 0.05) is 18.1 Å². The molecule has 23 heavy (non-hydrogen) atoms. The van der Waals surface area contributed by atoms with Crippen LogP contribution in [0.3, 0.4) is 0 Å². The van der Waals surface area contributed by atoms with Crippen LogP contribution in [0.25, 0.3) is 21.7 Å². The van der Waals surface area contributed by atoms with Gasteiger partial charge < -0.3 is 5.32 Å². The molecule has 0 spiro atoms. The third kappa shape index (κ3) is 3.22. The second kappa shape index (κ2) is 6.34. The number of hydrogen-bond acceptors (Lipinski definition) is 6. The number of nitrogens with one attached hydrogen (secondary N) is 1. The van der Waals surface area contributed by atoms with Crippen molar-refractivity contribution in [3.8, 4) is 27.8 Å². The Hall–Kier alpha value is -3.11. The van der Waals surface area contributed by atoms with Gasteiger partial charge in [0.15, 0.2) is 5.13 Å². The topological polar surface area (TPSA) is 91.6 Å². The Balaban J connectivity index is 2.16. The highest BCUT2D eigenvalue weighted by molar-refractivity contribution is 7.19. The lowest BCUT2D eigenvalue weighted by Gasteiger charge is -2.02. The molecule has 112 valence electrons. The van der Waals surface area contributed by atoms with Crippen LogP contribution in [0.4, 0.5) is 5.13 Å². The zero-order valence-corrected chi connectivity index (χ0v) is 13.0. The molecular weight excluding hydrogens is 310 g/mol. The molecule has 6 nitrogen and oxygen atoms in total. The van der Waals surface area contributed by atoms with E-state index in [1.807, 2.05) is 12.1 Å². The van der Waals surface area contributed by atoms with Crippen LogP contribution in [0.5, 0.6) is 0 Å². The summed E-state index contributed by atoms with van der Waals surface area (Å²) in [5, 5.41) is 19.9. The average molecular weight is 321 g/mol. The molecular formula is C16H11N5OS. The van der Waals surface area contributed by atoms with Crippen molar-refractivity contribution in [3.05, 3.63) is 48.3 Å². The van der Waals surface area contributed by atoms with E-state index >= 15 is 0 Å². The van der Waals surface area contributed by atoms with Crippen LogP contribution in [0.15, 0.2) is 42.7 Å². The molecule has 1 amide bonds. The molecule has 0 saturated carbocycles. The van der Waals surface area contributed by atoms with Gasteiger partial charge in [0.2, 0.25) is 5.91 Å². The minimum atomic E-state index is -0.185. The fourth-order valence-electron chi connectivity index (χ4n) is 2.08. The predicted molar refractivity (Wildman–Crippen MR) is 87.6 cm³/mol. The number of nitrogens with zero attached hydrogens (tertiary/aromatic N) is 4. The first-order valence-corrected chi connectivity index (χ1v) is 7.55. The van der Waals surface area contributed by atoms with Gasteiger partial charge >= 0.3 is 0 Å². The van der Waals surface area contributed by atoms with Crippen LogP contribution < -0.4 is 5.32 Å². The van der Waals surface area contributed by atoms with Gasteiger partial charge in [-0.25, -0.2) is 4.98 Å². The van der Waals surface area contributed by atoms with E-state index in [4.69, 9.17) is 5.26 Å². The van der Waals surface area contributed by atoms with Crippen molar-refractivity contribution in [2.75, 3.05) is 5.32 Å². The van der Waals surface area contributed by atoms with Crippen molar-refractivity contribution in [3.63, 3.8) is 0 Å². The van der Waals surface area contributed by atoms with Gasteiger partial charge in [-0.2, -0.15) is 15.5 Å². The summed E-state index contributed by atoms with van der Waals surface area (Å²) in [6.07, 6.45) is 3.24. The highest BCUT2D eigenvalue weighted by Crippen LogP contribution is 2.38. The molecule has 0 fully saturated rings. The molecule has 0 atom stereocenters. The number of hydrogen-bond donors (Lipinski definition) is 1. The van der Waals surface area contributed by atoms with Gasteiger partial charge in [0.25, 0.3) is 0 Å². The highest BCUT2D eigenvalue weighted by Gasteiger charge is 2.16. The van der Waals surface area contributed by atoms with Gasteiger partial charge in [-0.1, -0.05) is 23.5 Å². The Morgan fingerprint density at radius 2 is 2.13 bits per heavy atom. The standard InChI is InChI=1S/C16H11N5OS/c1-10(22)20-16-21-14(12-4-2-3-11(7-12)8-17)15(23-16)13-5-6-18-19-9-13/h2-7,9H,1H3,(H,20,21,22). The summed E-state index contributed by atoms with van der Waals surface area (Å²) in [7, 11) is 0. The SMILES string of the molecule is CC(=O)Nc1nc(-c2cccc(C#N)c2)c(-c2ccnnc2)s1. The lowest BCUT2D eigenvalue weighted by molar-refractivity contribution is -0.114. The summed E-state index contributed by atoms with van der Waals surface area (Å²) in [6.45, 7) is 1.44. The zero-order chi connectivity index (χ0) is 16.2. The molecule has 0 aliphatic rings. The molecule has 2 aromatic heterocycles. The number of carbonyl (C=O) groups excluding carboxylic acids is 1. The van der Waals surface area contributed by atoms with Crippen molar-refractivity contribution in [1.29, 1.82) is 5.26 Å². The summed E-state index contributed by atoms with van der Waals surface area (Å²) in [6, 6.07) is 11.1. The van der Waals surface area contributed by atoms with Gasteiger partial charge in [-0.3, -0.25) is 4.79 Å². The van der Waals surface area contributed by atoms with E-state index in [2.05, 4.69) is 26.6 Å². The van der Waals surface area contributed by atoms with Crippen molar-refractivity contribution in [1.82, 2.24) is 15.2 Å². The first kappa shape index (κ1) is 14.8. The highest BCUT2D eigenvalue weighted by atomic mass is 32.1. The number of amides is 1. The Morgan fingerprint density at radius 3 is 2.83 bits per heavy atom. The van der Waals surface area contributed by atoms with E-state index in [-0.39, 0.29) is 5.91 Å². The van der Waals surface area contributed by atoms with Gasteiger partial charge in [-0.15, -0.1) is 0 Å². The molecule has 3 rings (SSSR count). The third-order valence-electron chi connectivity index (χ3n) is 3.02. The van der Waals surface area contributed by atoms with E-state index in [1.165, 1.54) is 18.3 Å². The zero-order valence-electron chi connectivity index (χ0n) is 12.1. The maximum atomic E-state index is 11.3. The molecule has 1 aromatic carbocycles. The summed E-state index contributed by atoms with van der Waals surface area (Å²) < 4.78 is 0. The van der Waals surface area contributed by atoms with E-state index in [9.17, 15) is 4.79 Å². The minimum absolute atomic E-state index is 0.185. The van der Waals surface area contributed by atoms with Crippen molar-refractivity contribution in [2.24, 2.45) is 0 Å². The van der Waals surface area contributed by atoms with Crippen LogP contribution in [-0.4, -0.2) is 21.1 Å². The molecule has 0 radical (unpaired) electrons. The van der Waals surface area contributed by atoms with Crippen LogP contribution in [0, 0.1) is 11.3 Å². The average Bonchev–Trinajstić information content (AvgIpc) is 2.99. The number of aromatic nitrogens is 3. The minimum Gasteiger partial charge on any atom is -0.302 e. The molecule has 0 aliphatic heterocycles. The monoisotopic (exact) mass is 321 g/mol. The second-order valence-corrected chi connectivity index (χ2v) is 5.70. The maximum absolute atomic E-state index is 11.3. The van der Waals surface area contributed by atoms with Gasteiger partial charge in [0.1, 0.15) is 0 Å². The van der Waals surface area contributed by atoms with Crippen molar-refractivity contribution >= 4 is 22.4 Å². The largest absolute Gasteiger partial charge is 0.302 e. The van der Waals surface area contributed by atoms with Gasteiger partial charge in [-0.05, 0) is 18.2 Å². The van der Waals surface area contributed by atoms with Crippen molar-refractivity contribution in [2.45, 2.75) is 6.92 Å². The van der Waals surface area contributed by atoms with E-state index in [0.29, 0.717) is 16.4 Å². The number of rotatable bonds is 3. The fraction of sp³-hybridized carbons (Fsp3) is 0.0625. The van der Waals surface area contributed by atoms with Gasteiger partial charge in [0.05, 0.1) is 34.6 Å². The normalized spacial score (nSPS) is 10.1. The van der Waals surface area contributed by atoms with E-state index in [1.54, 1.807) is 30.6 Å². The third-order valence-corrected chi connectivity index (χ3v) is 4.04. The molecule has 7 heteroatoms. The Bertz CT molecular complexity index is 898. The Labute approximate surface area is 136 Å². The van der Waals surface area contributed by atoms with E-state index < -0.39 is 0 Å². The number of benzene rings is 1. The quantitative estimate of drug-likeness (QED) is 0.800. The molecule has 0 bridgehead atoms. The maximum Gasteiger partial charge on any atom is 0.223 e. The van der Waals surface area contributed by atoms with E-state index in [0.717, 1.165) is 16.0 Å². The van der Waals surface area contributed by atoms with Crippen LogP contribution in [0.2, 0.25) is 0 Å². The second-order valence-electron chi connectivity index (χ2n) is 4.70. The number of nitriles is 1. The summed E-state index contributed by atoms with van der Waals surface area (Å²) >= 11 is 1.36. The Kier molecular flexibility index (Phi) is 4.08. The first-order chi connectivity index (χ1) is 11.2. The summed E-state index contributed by atoms with van der Waals surface area (Å²) in [5.74, 6) is -0.185. The van der Waals surface area contributed by atoms with Crippen LogP contribution >= 0.6 is 11.3 Å². The lowest BCUT2D eigenvalue weighted by Crippen LogP contribution is -2.04. The smallest absolute Gasteiger partial charge is 0.223 e. The first-order valence-electron chi connectivity index (χ1n) is 6.73. The van der Waals surface area contributed by atoms with Crippen molar-refractivity contribution < 1.29 is 4.79 Å². The predicted octanol–water partition coefficient (Wildman–Crippen LogP) is 3.10. The van der Waals surface area contributed by atoms with Crippen LogP contribution in [-0.2, 0) is 4.79 Å².